The lowest BCUT2D eigenvalue weighted by atomic mass is 9.54. The highest BCUT2D eigenvalue weighted by molar-refractivity contribution is 6.09. The van der Waals surface area contributed by atoms with E-state index >= 15 is 0 Å². The van der Waals surface area contributed by atoms with Gasteiger partial charge in [-0.2, -0.15) is 0 Å². The Morgan fingerprint density at radius 1 is 1.08 bits per heavy atom. The van der Waals surface area contributed by atoms with Crippen molar-refractivity contribution in [1.29, 1.82) is 0 Å². The fourth-order valence-electron chi connectivity index (χ4n) is 7.12. The standard InChI is InChI=1S/C32H38N2O4/c1-18-8-7-9-23-15-19(2)21(4)29-26(16-22-17-33-25-11-6-5-10-24(22)25)34-31(38)32(23,29)28(36)13-12-27(35)30(37)20(3)14-18/h5-7,9-11,14-15,17-18,21,23,26-27,29,33,35H,8,12-13,16H2,1-4H3,(H,34,38). The van der Waals surface area contributed by atoms with Crippen molar-refractivity contribution < 1.29 is 19.5 Å². The van der Waals surface area contributed by atoms with Crippen LogP contribution in [0.5, 0.6) is 0 Å². The minimum atomic E-state index is -1.27. The molecule has 0 saturated carbocycles. The van der Waals surface area contributed by atoms with Crippen LogP contribution in [-0.2, 0) is 20.8 Å². The number of aromatic amines is 1. The Morgan fingerprint density at radius 3 is 2.63 bits per heavy atom. The van der Waals surface area contributed by atoms with Crippen LogP contribution in [0.2, 0.25) is 0 Å². The molecule has 1 spiro atoms. The Balaban J connectivity index is 1.58. The number of carbonyl (C=O) groups is 3. The van der Waals surface area contributed by atoms with Crippen molar-refractivity contribution in [2.75, 3.05) is 0 Å². The second-order valence-electron chi connectivity index (χ2n) is 11.6. The first kappa shape index (κ1) is 26.4. The average molecular weight is 515 g/mol. The first-order valence-corrected chi connectivity index (χ1v) is 13.8. The van der Waals surface area contributed by atoms with Gasteiger partial charge in [-0.3, -0.25) is 14.4 Å². The molecular weight excluding hydrogens is 476 g/mol. The van der Waals surface area contributed by atoms with E-state index in [1.807, 2.05) is 49.5 Å². The minimum Gasteiger partial charge on any atom is -0.385 e. The van der Waals surface area contributed by atoms with E-state index < -0.39 is 11.5 Å². The molecule has 5 rings (SSSR count). The van der Waals surface area contributed by atoms with Crippen molar-refractivity contribution in [3.8, 4) is 0 Å². The molecule has 200 valence electrons. The number of allylic oxidation sites excluding steroid dienone is 5. The van der Waals surface area contributed by atoms with E-state index in [-0.39, 0.29) is 60.0 Å². The number of carbonyl (C=O) groups excluding carboxylic acids is 3. The van der Waals surface area contributed by atoms with Crippen LogP contribution in [0.25, 0.3) is 10.9 Å². The predicted octanol–water partition coefficient (Wildman–Crippen LogP) is 4.85. The Labute approximate surface area is 224 Å². The second kappa shape index (κ2) is 10.1. The highest BCUT2D eigenvalue weighted by Gasteiger charge is 2.65. The van der Waals surface area contributed by atoms with Crippen LogP contribution in [0.15, 0.2) is 65.9 Å². The number of rotatable bonds is 2. The number of fused-ring (bicyclic) bond motifs is 1. The van der Waals surface area contributed by atoms with Gasteiger partial charge in [0.1, 0.15) is 17.3 Å². The Morgan fingerprint density at radius 2 is 1.84 bits per heavy atom. The molecule has 1 aromatic carbocycles. The van der Waals surface area contributed by atoms with Gasteiger partial charge in [0.05, 0.1) is 0 Å². The van der Waals surface area contributed by atoms with Crippen LogP contribution in [0.3, 0.4) is 0 Å². The van der Waals surface area contributed by atoms with Crippen molar-refractivity contribution in [2.45, 2.75) is 65.5 Å². The number of aromatic nitrogens is 1. The summed E-state index contributed by atoms with van der Waals surface area (Å²) in [6.45, 7) is 7.95. The highest BCUT2D eigenvalue weighted by Crippen LogP contribution is 2.55. The number of benzene rings is 1. The van der Waals surface area contributed by atoms with Crippen molar-refractivity contribution in [2.24, 2.45) is 29.1 Å². The number of para-hydroxylation sites is 1. The van der Waals surface area contributed by atoms with E-state index in [1.165, 1.54) is 5.57 Å². The molecule has 1 amide bonds. The van der Waals surface area contributed by atoms with E-state index in [2.05, 4.69) is 36.3 Å². The van der Waals surface area contributed by atoms with Crippen molar-refractivity contribution >= 4 is 28.4 Å². The van der Waals surface area contributed by atoms with E-state index in [0.29, 0.717) is 18.4 Å². The summed E-state index contributed by atoms with van der Waals surface area (Å²) in [5, 5.41) is 15.0. The molecule has 2 heterocycles. The lowest BCUT2D eigenvalue weighted by Crippen LogP contribution is -2.52. The van der Waals surface area contributed by atoms with Gasteiger partial charge < -0.3 is 15.4 Å². The van der Waals surface area contributed by atoms with Crippen LogP contribution in [0.1, 0.15) is 52.5 Å². The van der Waals surface area contributed by atoms with Crippen molar-refractivity contribution in [3.05, 3.63) is 71.5 Å². The van der Waals surface area contributed by atoms with E-state index in [0.717, 1.165) is 16.5 Å². The summed E-state index contributed by atoms with van der Waals surface area (Å²) in [6, 6.07) is 7.90. The van der Waals surface area contributed by atoms with E-state index in [4.69, 9.17) is 0 Å². The highest BCUT2D eigenvalue weighted by atomic mass is 16.3. The zero-order valence-electron chi connectivity index (χ0n) is 22.7. The molecule has 0 radical (unpaired) electrons. The van der Waals surface area contributed by atoms with Crippen molar-refractivity contribution in [1.82, 2.24) is 10.3 Å². The van der Waals surface area contributed by atoms with Crippen LogP contribution >= 0.6 is 0 Å². The molecule has 6 heteroatoms. The summed E-state index contributed by atoms with van der Waals surface area (Å²) in [5.41, 5.74) is 2.58. The Kier molecular flexibility index (Phi) is 7.03. The normalized spacial score (nSPS) is 34.4. The number of hydrogen-bond acceptors (Lipinski definition) is 4. The molecule has 7 atom stereocenters. The number of H-pyrrole nitrogens is 1. The summed E-state index contributed by atoms with van der Waals surface area (Å²) in [4.78, 5) is 44.3. The van der Waals surface area contributed by atoms with Gasteiger partial charge in [-0.15, -0.1) is 0 Å². The molecule has 6 nitrogen and oxygen atoms in total. The van der Waals surface area contributed by atoms with E-state index in [9.17, 15) is 19.5 Å². The van der Waals surface area contributed by atoms with Crippen LogP contribution in [-0.4, -0.2) is 39.7 Å². The maximum Gasteiger partial charge on any atom is 0.235 e. The molecule has 1 saturated heterocycles. The van der Waals surface area contributed by atoms with Gasteiger partial charge >= 0.3 is 0 Å². The zero-order chi connectivity index (χ0) is 27.2. The van der Waals surface area contributed by atoms with Crippen molar-refractivity contribution in [3.63, 3.8) is 0 Å². The number of hydrogen-bond donors (Lipinski definition) is 3. The van der Waals surface area contributed by atoms with Gasteiger partial charge in [-0.05, 0) is 62.1 Å². The lowest BCUT2D eigenvalue weighted by Gasteiger charge is -2.44. The quantitative estimate of drug-likeness (QED) is 0.394. The summed E-state index contributed by atoms with van der Waals surface area (Å²) in [7, 11) is 0. The first-order chi connectivity index (χ1) is 18.1. The third-order valence-corrected chi connectivity index (χ3v) is 9.17. The topological polar surface area (TPSA) is 99.3 Å². The molecule has 2 aliphatic carbocycles. The second-order valence-corrected chi connectivity index (χ2v) is 11.6. The molecule has 0 bridgehead atoms. The van der Waals surface area contributed by atoms with Gasteiger partial charge in [0.25, 0.3) is 0 Å². The number of ketones is 2. The largest absolute Gasteiger partial charge is 0.385 e. The van der Waals surface area contributed by atoms with Gasteiger partial charge in [-0.1, -0.05) is 61.9 Å². The predicted molar refractivity (Wildman–Crippen MR) is 148 cm³/mol. The summed E-state index contributed by atoms with van der Waals surface area (Å²) in [6.07, 6.45) is 10.1. The van der Waals surface area contributed by atoms with Gasteiger partial charge in [-0.25, -0.2) is 0 Å². The Bertz CT molecular complexity index is 1360. The van der Waals surface area contributed by atoms with Crippen LogP contribution < -0.4 is 5.32 Å². The van der Waals surface area contributed by atoms with Crippen LogP contribution in [0.4, 0.5) is 0 Å². The average Bonchev–Trinajstić information content (AvgIpc) is 3.43. The molecule has 1 aromatic heterocycles. The number of aliphatic hydroxyl groups is 1. The summed E-state index contributed by atoms with van der Waals surface area (Å²) in [5.74, 6) is -1.29. The SMILES string of the molecule is CC1=CC(C)CC=CC2C=C(C)C(C)C3C(Cc4c[nH]c5ccccc45)NC(=O)C23C(=O)CCC(O)C1=O. The molecule has 38 heavy (non-hydrogen) atoms. The zero-order valence-corrected chi connectivity index (χ0v) is 22.7. The van der Waals surface area contributed by atoms with Gasteiger partial charge in [0.2, 0.25) is 5.91 Å². The molecule has 3 aliphatic rings. The molecule has 2 aromatic rings. The number of nitrogens with one attached hydrogen (secondary N) is 2. The van der Waals surface area contributed by atoms with Gasteiger partial charge in [0, 0.05) is 41.4 Å². The number of amides is 1. The molecule has 1 fully saturated rings. The number of aliphatic hydroxyl groups excluding tert-OH is 1. The van der Waals surface area contributed by atoms with Crippen LogP contribution in [0, 0.1) is 29.1 Å². The fraction of sp³-hybridized carbons (Fsp3) is 0.469. The number of Topliss-reactive ketones (excluding diaryl/α,β-unsaturated/α-hetero) is 2. The Hall–Kier alpha value is -3.25. The van der Waals surface area contributed by atoms with Gasteiger partial charge in [0.15, 0.2) is 5.78 Å². The lowest BCUT2D eigenvalue weighted by molar-refractivity contribution is -0.145. The summed E-state index contributed by atoms with van der Waals surface area (Å²) >= 11 is 0. The fourth-order valence-corrected chi connectivity index (χ4v) is 7.12. The molecule has 1 aliphatic heterocycles. The summed E-state index contributed by atoms with van der Waals surface area (Å²) < 4.78 is 0. The third-order valence-electron chi connectivity index (χ3n) is 9.17. The maximum absolute atomic E-state index is 14.2. The molecule has 3 N–H and O–H groups in total. The first-order valence-electron chi connectivity index (χ1n) is 13.8. The smallest absolute Gasteiger partial charge is 0.235 e. The van der Waals surface area contributed by atoms with E-state index in [1.54, 1.807) is 6.92 Å². The molecule has 7 unspecified atom stereocenters. The minimum absolute atomic E-state index is 0.0135. The molecular formula is C32H38N2O4. The maximum atomic E-state index is 14.2. The monoisotopic (exact) mass is 514 g/mol. The third kappa shape index (κ3) is 4.29.